The summed E-state index contributed by atoms with van der Waals surface area (Å²) in [6, 6.07) is 1.07. The van der Waals surface area contributed by atoms with E-state index in [4.69, 9.17) is 9.84 Å². The molecule has 18 heavy (non-hydrogen) atoms. The van der Waals surface area contributed by atoms with Crippen LogP contribution in [0.25, 0.3) is 0 Å². The molecule has 0 unspecified atom stereocenters. The number of nitrogens with zero attached hydrogens (tertiary/aromatic N) is 3. The fraction of sp³-hybridized carbons (Fsp3) is 0.545. The average Bonchev–Trinajstić information content (AvgIpc) is 2.40. The molecule has 2 rings (SSSR count). The molecular weight excluding hydrogens is 236 g/mol. The SMILES string of the molecule is C[C@@H](Nc1cc(N2CCOCC2)ncn1)C(=O)O. The molecule has 98 valence electrons. The van der Waals surface area contributed by atoms with Gasteiger partial charge < -0.3 is 20.1 Å². The highest BCUT2D eigenvalue weighted by atomic mass is 16.5. The third kappa shape index (κ3) is 3.07. The van der Waals surface area contributed by atoms with E-state index in [0.717, 1.165) is 18.9 Å². The van der Waals surface area contributed by atoms with Crippen LogP contribution >= 0.6 is 0 Å². The lowest BCUT2D eigenvalue weighted by Crippen LogP contribution is -2.36. The molecule has 0 aromatic carbocycles. The Labute approximate surface area is 105 Å². The summed E-state index contributed by atoms with van der Waals surface area (Å²) in [5, 5.41) is 11.6. The van der Waals surface area contributed by atoms with Gasteiger partial charge in [0.05, 0.1) is 13.2 Å². The molecule has 1 saturated heterocycles. The minimum absolute atomic E-state index is 0.515. The van der Waals surface area contributed by atoms with E-state index in [1.165, 1.54) is 6.33 Å². The van der Waals surface area contributed by atoms with Crippen LogP contribution in [0.1, 0.15) is 6.92 Å². The molecule has 7 heteroatoms. The number of anilines is 2. The van der Waals surface area contributed by atoms with Crippen molar-refractivity contribution in [3.8, 4) is 0 Å². The maximum atomic E-state index is 10.8. The first-order valence-electron chi connectivity index (χ1n) is 5.81. The first-order valence-corrected chi connectivity index (χ1v) is 5.81. The zero-order valence-electron chi connectivity index (χ0n) is 10.2. The standard InChI is InChI=1S/C11H16N4O3/c1-8(11(16)17)14-9-6-10(13-7-12-9)15-2-4-18-5-3-15/h6-8H,2-5H2,1H3,(H,16,17)(H,12,13,14)/t8-/m1/s1. The number of carboxylic acids is 1. The van der Waals surface area contributed by atoms with Crippen LogP contribution in [0.2, 0.25) is 0 Å². The van der Waals surface area contributed by atoms with Gasteiger partial charge in [-0.15, -0.1) is 0 Å². The second-order valence-corrected chi connectivity index (χ2v) is 4.07. The monoisotopic (exact) mass is 252 g/mol. The van der Waals surface area contributed by atoms with E-state index >= 15 is 0 Å². The largest absolute Gasteiger partial charge is 0.480 e. The second kappa shape index (κ2) is 5.63. The molecular formula is C11H16N4O3. The van der Waals surface area contributed by atoms with Gasteiger partial charge in [0.2, 0.25) is 0 Å². The molecule has 0 aliphatic carbocycles. The summed E-state index contributed by atoms with van der Waals surface area (Å²) in [6.07, 6.45) is 1.43. The maximum Gasteiger partial charge on any atom is 0.325 e. The molecule has 0 amide bonds. The minimum atomic E-state index is -0.915. The molecule has 7 nitrogen and oxygen atoms in total. The summed E-state index contributed by atoms with van der Waals surface area (Å²) < 4.78 is 5.27. The van der Waals surface area contributed by atoms with Crippen molar-refractivity contribution in [2.75, 3.05) is 36.5 Å². The van der Waals surface area contributed by atoms with Crippen LogP contribution in [0, 0.1) is 0 Å². The Morgan fingerprint density at radius 3 is 2.89 bits per heavy atom. The van der Waals surface area contributed by atoms with Crippen molar-refractivity contribution in [1.82, 2.24) is 9.97 Å². The molecule has 0 saturated carbocycles. The number of nitrogens with one attached hydrogen (secondary N) is 1. The van der Waals surface area contributed by atoms with Gasteiger partial charge in [-0.1, -0.05) is 0 Å². The van der Waals surface area contributed by atoms with E-state index in [-0.39, 0.29) is 0 Å². The number of carbonyl (C=O) groups is 1. The normalized spacial score (nSPS) is 17.3. The number of ether oxygens (including phenoxy) is 1. The highest BCUT2D eigenvalue weighted by Crippen LogP contribution is 2.15. The Morgan fingerprint density at radius 2 is 2.22 bits per heavy atom. The fourth-order valence-electron chi connectivity index (χ4n) is 1.67. The van der Waals surface area contributed by atoms with Gasteiger partial charge in [-0.2, -0.15) is 0 Å². The van der Waals surface area contributed by atoms with Gasteiger partial charge in [0.25, 0.3) is 0 Å². The number of morpholine rings is 1. The minimum Gasteiger partial charge on any atom is -0.480 e. The summed E-state index contributed by atoms with van der Waals surface area (Å²) in [7, 11) is 0. The Kier molecular flexibility index (Phi) is 3.93. The third-order valence-corrected chi connectivity index (χ3v) is 2.72. The number of aliphatic carboxylic acids is 1. The average molecular weight is 252 g/mol. The maximum absolute atomic E-state index is 10.8. The molecule has 0 radical (unpaired) electrons. The Bertz CT molecular complexity index is 421. The van der Waals surface area contributed by atoms with Gasteiger partial charge in [-0.05, 0) is 6.92 Å². The lowest BCUT2D eigenvalue weighted by molar-refractivity contribution is -0.137. The van der Waals surface area contributed by atoms with E-state index in [2.05, 4.69) is 20.2 Å². The van der Waals surface area contributed by atoms with Gasteiger partial charge in [0.1, 0.15) is 24.0 Å². The van der Waals surface area contributed by atoms with Crippen molar-refractivity contribution in [2.24, 2.45) is 0 Å². The van der Waals surface area contributed by atoms with Crippen molar-refractivity contribution in [3.05, 3.63) is 12.4 Å². The fourth-order valence-corrected chi connectivity index (χ4v) is 1.67. The zero-order chi connectivity index (χ0) is 13.0. The molecule has 0 spiro atoms. The first kappa shape index (κ1) is 12.6. The lowest BCUT2D eigenvalue weighted by atomic mass is 10.3. The molecule has 1 aliphatic rings. The van der Waals surface area contributed by atoms with Gasteiger partial charge in [-0.25, -0.2) is 9.97 Å². The van der Waals surface area contributed by atoms with Crippen molar-refractivity contribution in [2.45, 2.75) is 13.0 Å². The summed E-state index contributed by atoms with van der Waals surface area (Å²) in [5.74, 6) is 0.385. The van der Waals surface area contributed by atoms with E-state index in [9.17, 15) is 4.79 Å². The van der Waals surface area contributed by atoms with E-state index < -0.39 is 12.0 Å². The predicted octanol–water partition coefficient (Wildman–Crippen LogP) is 0.198. The lowest BCUT2D eigenvalue weighted by Gasteiger charge is -2.27. The van der Waals surface area contributed by atoms with Crippen molar-refractivity contribution in [1.29, 1.82) is 0 Å². The van der Waals surface area contributed by atoms with Crippen LogP contribution in [-0.4, -0.2) is 53.4 Å². The number of rotatable bonds is 4. The van der Waals surface area contributed by atoms with Gasteiger partial charge in [-0.3, -0.25) is 4.79 Å². The molecule has 1 aromatic heterocycles. The summed E-state index contributed by atoms with van der Waals surface area (Å²) >= 11 is 0. The highest BCUT2D eigenvalue weighted by Gasteiger charge is 2.15. The van der Waals surface area contributed by atoms with Gasteiger partial charge in [0.15, 0.2) is 0 Å². The number of aromatic nitrogens is 2. The molecule has 1 fully saturated rings. The molecule has 0 bridgehead atoms. The van der Waals surface area contributed by atoms with Crippen LogP contribution in [0.5, 0.6) is 0 Å². The van der Waals surface area contributed by atoms with Crippen LogP contribution in [0.15, 0.2) is 12.4 Å². The van der Waals surface area contributed by atoms with Crippen LogP contribution < -0.4 is 10.2 Å². The number of hydrogen-bond acceptors (Lipinski definition) is 6. The number of hydrogen-bond donors (Lipinski definition) is 2. The van der Waals surface area contributed by atoms with Gasteiger partial charge >= 0.3 is 5.97 Å². The second-order valence-electron chi connectivity index (χ2n) is 4.07. The van der Waals surface area contributed by atoms with E-state index in [1.54, 1.807) is 13.0 Å². The number of carboxylic acid groups (broad SMARTS) is 1. The summed E-state index contributed by atoms with van der Waals surface area (Å²) in [4.78, 5) is 21.0. The van der Waals surface area contributed by atoms with E-state index in [1.807, 2.05) is 0 Å². The van der Waals surface area contributed by atoms with Crippen molar-refractivity contribution in [3.63, 3.8) is 0 Å². The molecule has 1 aliphatic heterocycles. The molecule has 1 aromatic rings. The molecule has 2 N–H and O–H groups in total. The van der Waals surface area contributed by atoms with Gasteiger partial charge in [0, 0.05) is 19.2 Å². The Hall–Kier alpha value is -1.89. The Balaban J connectivity index is 2.06. The Morgan fingerprint density at radius 1 is 1.50 bits per heavy atom. The summed E-state index contributed by atoms with van der Waals surface area (Å²) in [6.45, 7) is 4.49. The van der Waals surface area contributed by atoms with E-state index in [0.29, 0.717) is 19.0 Å². The molecule has 1 atom stereocenters. The van der Waals surface area contributed by atoms with Crippen LogP contribution in [-0.2, 0) is 9.53 Å². The summed E-state index contributed by atoms with van der Waals surface area (Å²) in [5.41, 5.74) is 0. The topological polar surface area (TPSA) is 87.6 Å². The molecule has 2 heterocycles. The predicted molar refractivity (Wildman–Crippen MR) is 65.8 cm³/mol. The van der Waals surface area contributed by atoms with Crippen molar-refractivity contribution < 1.29 is 14.6 Å². The quantitative estimate of drug-likeness (QED) is 0.791. The highest BCUT2D eigenvalue weighted by molar-refractivity contribution is 5.76. The van der Waals surface area contributed by atoms with Crippen LogP contribution in [0.3, 0.4) is 0 Å². The zero-order valence-corrected chi connectivity index (χ0v) is 10.2. The smallest absolute Gasteiger partial charge is 0.325 e. The van der Waals surface area contributed by atoms with Crippen molar-refractivity contribution >= 4 is 17.6 Å². The van der Waals surface area contributed by atoms with Crippen LogP contribution in [0.4, 0.5) is 11.6 Å². The third-order valence-electron chi connectivity index (χ3n) is 2.72. The first-order chi connectivity index (χ1) is 8.66.